The summed E-state index contributed by atoms with van der Waals surface area (Å²) in [5.41, 5.74) is 4.43. The number of aromatic nitrogens is 2. The molecule has 1 aliphatic rings. The van der Waals surface area contributed by atoms with Gasteiger partial charge in [-0.25, -0.2) is 9.97 Å². The van der Waals surface area contributed by atoms with Gasteiger partial charge in [-0.3, -0.25) is 0 Å². The molecule has 0 amide bonds. The van der Waals surface area contributed by atoms with Crippen LogP contribution in [0.4, 0.5) is 0 Å². The van der Waals surface area contributed by atoms with Crippen molar-refractivity contribution in [2.24, 2.45) is 0 Å². The van der Waals surface area contributed by atoms with E-state index in [2.05, 4.69) is 15.3 Å². The molecule has 2 heterocycles. The van der Waals surface area contributed by atoms with Gasteiger partial charge in [-0.1, -0.05) is 0 Å². The van der Waals surface area contributed by atoms with Gasteiger partial charge in [-0.15, -0.1) is 0 Å². The molecule has 1 aliphatic heterocycles. The van der Waals surface area contributed by atoms with Crippen LogP contribution in [0.1, 0.15) is 11.3 Å². The van der Waals surface area contributed by atoms with Crippen LogP contribution in [0.25, 0.3) is 11.3 Å². The Labute approximate surface area is 99.7 Å². The smallest absolute Gasteiger partial charge is 0.118 e. The summed E-state index contributed by atoms with van der Waals surface area (Å²) in [5.74, 6) is 0.859. The lowest BCUT2D eigenvalue weighted by Gasteiger charge is -2.06. The maximum atomic E-state index is 5.15. The highest BCUT2D eigenvalue weighted by Gasteiger charge is 2.17. The molecule has 0 aliphatic carbocycles. The summed E-state index contributed by atoms with van der Waals surface area (Å²) in [6.07, 6.45) is 1.63. The summed E-state index contributed by atoms with van der Waals surface area (Å²) in [4.78, 5) is 8.67. The molecule has 0 saturated carbocycles. The van der Waals surface area contributed by atoms with Gasteiger partial charge in [0, 0.05) is 24.2 Å². The van der Waals surface area contributed by atoms with E-state index in [9.17, 15) is 0 Å². The van der Waals surface area contributed by atoms with Crippen LogP contribution in [0.3, 0.4) is 0 Å². The second-order valence-electron chi connectivity index (χ2n) is 3.98. The van der Waals surface area contributed by atoms with E-state index >= 15 is 0 Å². The predicted molar refractivity (Wildman–Crippen MR) is 64.6 cm³/mol. The van der Waals surface area contributed by atoms with Crippen LogP contribution in [0.2, 0.25) is 0 Å². The molecule has 0 spiro atoms. The van der Waals surface area contributed by atoms with Crippen molar-refractivity contribution in [1.29, 1.82) is 0 Å². The zero-order chi connectivity index (χ0) is 11.7. The molecule has 0 unspecified atom stereocenters. The first-order valence-electron chi connectivity index (χ1n) is 5.56. The molecule has 1 aromatic heterocycles. The minimum Gasteiger partial charge on any atom is -0.497 e. The molecule has 0 fully saturated rings. The number of hydrogen-bond acceptors (Lipinski definition) is 4. The number of nitrogens with zero attached hydrogens (tertiary/aromatic N) is 2. The monoisotopic (exact) mass is 227 g/mol. The molecule has 2 aromatic rings. The van der Waals surface area contributed by atoms with Crippen molar-refractivity contribution in [3.05, 3.63) is 41.9 Å². The molecule has 0 bridgehead atoms. The van der Waals surface area contributed by atoms with E-state index in [0.717, 1.165) is 35.8 Å². The summed E-state index contributed by atoms with van der Waals surface area (Å²) in [7, 11) is 1.67. The first-order chi connectivity index (χ1) is 8.38. The Morgan fingerprint density at radius 2 is 1.94 bits per heavy atom. The van der Waals surface area contributed by atoms with Crippen LogP contribution in [0, 0.1) is 0 Å². The zero-order valence-corrected chi connectivity index (χ0v) is 9.60. The Bertz CT molecular complexity index is 537. The van der Waals surface area contributed by atoms with Crippen molar-refractivity contribution in [1.82, 2.24) is 15.3 Å². The highest BCUT2D eigenvalue weighted by molar-refractivity contribution is 5.65. The number of fused-ring (bicyclic) bond motifs is 1. The highest BCUT2D eigenvalue weighted by Crippen LogP contribution is 2.26. The summed E-state index contributed by atoms with van der Waals surface area (Å²) >= 11 is 0. The fraction of sp³-hybridized carbons (Fsp3) is 0.231. The van der Waals surface area contributed by atoms with Crippen LogP contribution in [0.5, 0.6) is 5.75 Å². The molecule has 86 valence electrons. The Morgan fingerprint density at radius 3 is 2.71 bits per heavy atom. The number of nitrogens with one attached hydrogen (secondary N) is 1. The lowest BCUT2D eigenvalue weighted by atomic mass is 10.1. The second-order valence-corrected chi connectivity index (χ2v) is 3.98. The predicted octanol–water partition coefficient (Wildman–Crippen LogP) is 1.76. The lowest BCUT2D eigenvalue weighted by molar-refractivity contribution is 0.415. The van der Waals surface area contributed by atoms with Gasteiger partial charge >= 0.3 is 0 Å². The molecule has 4 nitrogen and oxygen atoms in total. The van der Waals surface area contributed by atoms with Crippen LogP contribution < -0.4 is 10.1 Å². The quantitative estimate of drug-likeness (QED) is 0.849. The number of methoxy groups -OCH3 is 1. The largest absolute Gasteiger partial charge is 0.497 e. The Hall–Kier alpha value is -1.94. The van der Waals surface area contributed by atoms with E-state index in [0.29, 0.717) is 0 Å². The highest BCUT2D eigenvalue weighted by atomic mass is 16.5. The molecule has 0 radical (unpaired) electrons. The zero-order valence-electron chi connectivity index (χ0n) is 9.60. The summed E-state index contributed by atoms with van der Waals surface area (Å²) < 4.78 is 5.15. The van der Waals surface area contributed by atoms with E-state index in [4.69, 9.17) is 4.74 Å². The van der Waals surface area contributed by atoms with Crippen molar-refractivity contribution in [3.8, 4) is 17.0 Å². The van der Waals surface area contributed by atoms with Crippen molar-refractivity contribution in [3.63, 3.8) is 0 Å². The van der Waals surface area contributed by atoms with Gasteiger partial charge in [-0.2, -0.15) is 0 Å². The summed E-state index contributed by atoms with van der Waals surface area (Å²) in [5, 5.41) is 3.29. The molecule has 1 aromatic carbocycles. The van der Waals surface area contributed by atoms with Crippen molar-refractivity contribution in [2.75, 3.05) is 7.11 Å². The third-order valence-electron chi connectivity index (χ3n) is 2.99. The number of rotatable bonds is 2. The Balaban J connectivity index is 2.06. The van der Waals surface area contributed by atoms with Gasteiger partial charge < -0.3 is 10.1 Å². The maximum absolute atomic E-state index is 5.15. The minimum atomic E-state index is 0.834. The fourth-order valence-electron chi connectivity index (χ4n) is 2.09. The van der Waals surface area contributed by atoms with Gasteiger partial charge in [0.1, 0.15) is 12.1 Å². The van der Waals surface area contributed by atoms with Crippen LogP contribution in [-0.4, -0.2) is 17.1 Å². The summed E-state index contributed by atoms with van der Waals surface area (Å²) in [6, 6.07) is 7.96. The standard InChI is InChI=1S/C13H13N3O/c1-17-10-4-2-9(3-5-10)13-11-6-14-7-12(11)15-8-16-13/h2-5,8,14H,6-7H2,1H3. The second kappa shape index (κ2) is 4.14. The Kier molecular flexibility index (Phi) is 2.49. The SMILES string of the molecule is COc1ccc(-c2ncnc3c2CNC3)cc1. The molecular weight excluding hydrogens is 214 g/mol. The third kappa shape index (κ3) is 1.76. The van der Waals surface area contributed by atoms with Crippen LogP contribution >= 0.6 is 0 Å². The third-order valence-corrected chi connectivity index (χ3v) is 2.99. The van der Waals surface area contributed by atoms with E-state index in [-0.39, 0.29) is 0 Å². The van der Waals surface area contributed by atoms with Crippen molar-refractivity contribution >= 4 is 0 Å². The number of ether oxygens (including phenoxy) is 1. The Morgan fingerprint density at radius 1 is 1.12 bits per heavy atom. The van der Waals surface area contributed by atoms with Gasteiger partial charge in [0.15, 0.2) is 0 Å². The van der Waals surface area contributed by atoms with Gasteiger partial charge in [0.25, 0.3) is 0 Å². The molecule has 1 N–H and O–H groups in total. The van der Waals surface area contributed by atoms with E-state index in [1.807, 2.05) is 24.3 Å². The first-order valence-corrected chi connectivity index (χ1v) is 5.56. The van der Waals surface area contributed by atoms with Gasteiger partial charge in [0.2, 0.25) is 0 Å². The van der Waals surface area contributed by atoms with E-state index in [1.165, 1.54) is 5.56 Å². The van der Waals surface area contributed by atoms with Crippen LogP contribution in [-0.2, 0) is 13.1 Å². The number of benzene rings is 1. The summed E-state index contributed by atoms with van der Waals surface area (Å²) in [6.45, 7) is 1.68. The topological polar surface area (TPSA) is 47.0 Å². The van der Waals surface area contributed by atoms with Crippen molar-refractivity contribution in [2.45, 2.75) is 13.1 Å². The average Bonchev–Trinajstić information content (AvgIpc) is 2.87. The van der Waals surface area contributed by atoms with Gasteiger partial charge in [-0.05, 0) is 24.3 Å². The lowest BCUT2D eigenvalue weighted by Crippen LogP contribution is -2.00. The normalized spacial score (nSPS) is 13.5. The minimum absolute atomic E-state index is 0.834. The molecule has 17 heavy (non-hydrogen) atoms. The van der Waals surface area contributed by atoms with Gasteiger partial charge in [0.05, 0.1) is 18.5 Å². The van der Waals surface area contributed by atoms with E-state index in [1.54, 1.807) is 13.4 Å². The maximum Gasteiger partial charge on any atom is 0.118 e. The van der Waals surface area contributed by atoms with Crippen LogP contribution in [0.15, 0.2) is 30.6 Å². The molecule has 0 atom stereocenters. The fourth-order valence-corrected chi connectivity index (χ4v) is 2.09. The first kappa shape index (κ1) is 10.2. The molecule has 3 rings (SSSR count). The molecular formula is C13H13N3O. The molecule has 0 saturated heterocycles. The van der Waals surface area contributed by atoms with E-state index < -0.39 is 0 Å². The number of hydrogen-bond donors (Lipinski definition) is 1. The average molecular weight is 227 g/mol. The molecule has 4 heteroatoms. The van der Waals surface area contributed by atoms with Crippen molar-refractivity contribution < 1.29 is 4.74 Å².